The predicted molar refractivity (Wildman–Crippen MR) is 135 cm³/mol. The molecule has 8 nitrogen and oxygen atoms in total. The van der Waals surface area contributed by atoms with E-state index in [0.717, 1.165) is 27.7 Å². The Balaban J connectivity index is 1.59. The number of aromatic nitrogens is 5. The number of H-pyrrole nitrogens is 1. The van der Waals surface area contributed by atoms with Gasteiger partial charge in [0.05, 0.1) is 29.1 Å². The van der Waals surface area contributed by atoms with E-state index in [1.807, 2.05) is 70.2 Å². The van der Waals surface area contributed by atoms with Crippen LogP contribution in [0.15, 0.2) is 65.8 Å². The van der Waals surface area contributed by atoms with Gasteiger partial charge in [-0.1, -0.05) is 32.0 Å². The predicted octanol–water partition coefficient (Wildman–Crippen LogP) is 4.56. The first-order valence-electron chi connectivity index (χ1n) is 11.6. The minimum absolute atomic E-state index is 0.0876. The molecule has 1 unspecified atom stereocenters. The van der Waals surface area contributed by atoms with E-state index in [1.54, 1.807) is 18.6 Å². The highest BCUT2D eigenvalue weighted by Crippen LogP contribution is 2.26. The molecule has 0 bridgehead atoms. The number of carbonyl (C=O) groups is 1. The number of amides is 1. The average Bonchev–Trinajstić information content (AvgIpc) is 3.25. The smallest absolute Gasteiger partial charge is 0.274 e. The van der Waals surface area contributed by atoms with Crippen molar-refractivity contribution in [1.29, 1.82) is 0 Å². The maximum absolute atomic E-state index is 13.2. The molecule has 5 rings (SSSR count). The standard InChI is InChI=1S/C27H26N6O2/c1-15(2)23-24(26(34)30-17(4)20-9-5-6-11-28-20)32-33-14-22(31-27(35)25(23)33)18-12-19-16(3)8-7-10-21(19)29-13-18/h5-15,17H,1-4H3,(H,30,34)(H,31,35). The fraction of sp³-hybridized carbons (Fsp3) is 0.222. The van der Waals surface area contributed by atoms with Gasteiger partial charge in [-0.3, -0.25) is 19.6 Å². The van der Waals surface area contributed by atoms with Gasteiger partial charge in [0.2, 0.25) is 0 Å². The summed E-state index contributed by atoms with van der Waals surface area (Å²) in [5.74, 6) is -0.435. The van der Waals surface area contributed by atoms with Gasteiger partial charge >= 0.3 is 0 Å². The third-order valence-corrected chi connectivity index (χ3v) is 6.19. The Kier molecular flexibility index (Phi) is 5.64. The molecule has 8 heteroatoms. The minimum atomic E-state index is -0.348. The summed E-state index contributed by atoms with van der Waals surface area (Å²) < 4.78 is 1.51. The quantitative estimate of drug-likeness (QED) is 0.395. The first-order chi connectivity index (χ1) is 16.8. The third kappa shape index (κ3) is 4.07. The van der Waals surface area contributed by atoms with E-state index < -0.39 is 0 Å². The maximum atomic E-state index is 13.2. The monoisotopic (exact) mass is 466 g/mol. The van der Waals surface area contributed by atoms with Crippen molar-refractivity contribution in [3.63, 3.8) is 0 Å². The molecule has 0 radical (unpaired) electrons. The number of fused-ring (bicyclic) bond motifs is 2. The van der Waals surface area contributed by atoms with Gasteiger partial charge in [-0.25, -0.2) is 4.52 Å². The van der Waals surface area contributed by atoms with Gasteiger partial charge in [0.15, 0.2) is 5.69 Å². The summed E-state index contributed by atoms with van der Waals surface area (Å²) >= 11 is 0. The number of nitrogens with zero attached hydrogens (tertiary/aromatic N) is 4. The van der Waals surface area contributed by atoms with Crippen molar-refractivity contribution in [3.05, 3.63) is 93.9 Å². The lowest BCUT2D eigenvalue weighted by atomic mass is 10.0. The van der Waals surface area contributed by atoms with E-state index in [9.17, 15) is 9.59 Å². The largest absolute Gasteiger partial charge is 0.343 e. The molecule has 1 amide bonds. The molecule has 5 aromatic rings. The molecule has 35 heavy (non-hydrogen) atoms. The van der Waals surface area contributed by atoms with E-state index in [4.69, 9.17) is 0 Å². The average molecular weight is 467 g/mol. The summed E-state index contributed by atoms with van der Waals surface area (Å²) in [6, 6.07) is 13.2. The highest BCUT2D eigenvalue weighted by molar-refractivity contribution is 5.96. The Morgan fingerprint density at radius 3 is 2.66 bits per heavy atom. The molecule has 2 N–H and O–H groups in total. The minimum Gasteiger partial charge on any atom is -0.343 e. The van der Waals surface area contributed by atoms with Crippen molar-refractivity contribution >= 4 is 22.3 Å². The second-order valence-corrected chi connectivity index (χ2v) is 9.02. The first kappa shape index (κ1) is 22.5. The summed E-state index contributed by atoms with van der Waals surface area (Å²) in [6.45, 7) is 7.78. The topological polar surface area (TPSA) is 105 Å². The van der Waals surface area contributed by atoms with Crippen LogP contribution in [0, 0.1) is 6.92 Å². The normalized spacial score (nSPS) is 12.4. The molecule has 4 heterocycles. The highest BCUT2D eigenvalue weighted by atomic mass is 16.2. The molecule has 0 aliphatic carbocycles. The summed E-state index contributed by atoms with van der Waals surface area (Å²) in [4.78, 5) is 38.3. The second kappa shape index (κ2) is 8.79. The lowest BCUT2D eigenvalue weighted by Gasteiger charge is -2.13. The number of nitrogens with one attached hydrogen (secondary N) is 2. The van der Waals surface area contributed by atoms with Gasteiger partial charge in [-0.15, -0.1) is 0 Å². The lowest BCUT2D eigenvalue weighted by Crippen LogP contribution is -2.28. The van der Waals surface area contributed by atoms with Crippen molar-refractivity contribution in [2.45, 2.75) is 39.7 Å². The first-order valence-corrected chi connectivity index (χ1v) is 11.6. The molecule has 0 saturated heterocycles. The number of hydrogen-bond donors (Lipinski definition) is 2. The number of pyridine rings is 2. The van der Waals surface area contributed by atoms with E-state index >= 15 is 0 Å². The molecule has 0 saturated carbocycles. The lowest BCUT2D eigenvalue weighted by molar-refractivity contribution is 0.0932. The molecule has 176 valence electrons. The molecule has 0 aliphatic heterocycles. The van der Waals surface area contributed by atoms with E-state index in [0.29, 0.717) is 16.8 Å². The van der Waals surface area contributed by atoms with Crippen LogP contribution in [0.1, 0.15) is 60.0 Å². The Labute approximate surface area is 202 Å². The van der Waals surface area contributed by atoms with Gasteiger partial charge in [-0.2, -0.15) is 5.10 Å². The van der Waals surface area contributed by atoms with Crippen LogP contribution in [0.4, 0.5) is 0 Å². The SMILES string of the molecule is Cc1cccc2ncc(-c3cn4nc(C(=O)NC(C)c5ccccn5)c(C(C)C)c4c(=O)[nH]3)cc12. The third-order valence-electron chi connectivity index (χ3n) is 6.19. The summed E-state index contributed by atoms with van der Waals surface area (Å²) in [7, 11) is 0. The number of benzene rings is 1. The van der Waals surface area contributed by atoms with Crippen LogP contribution in [0.5, 0.6) is 0 Å². The van der Waals surface area contributed by atoms with Gasteiger partial charge in [0.1, 0.15) is 5.52 Å². The van der Waals surface area contributed by atoms with E-state index in [-0.39, 0.29) is 29.1 Å². The number of hydrogen-bond acceptors (Lipinski definition) is 5. The van der Waals surface area contributed by atoms with Crippen molar-refractivity contribution in [3.8, 4) is 11.3 Å². The van der Waals surface area contributed by atoms with E-state index in [1.165, 1.54) is 4.52 Å². The van der Waals surface area contributed by atoms with Gasteiger partial charge in [-0.05, 0) is 49.6 Å². The molecule has 4 aromatic heterocycles. The molecule has 0 aliphatic rings. The molecule has 0 fully saturated rings. The Bertz CT molecular complexity index is 1620. The second-order valence-electron chi connectivity index (χ2n) is 9.02. The molecule has 1 aromatic carbocycles. The van der Waals surface area contributed by atoms with Crippen LogP contribution in [0.3, 0.4) is 0 Å². The number of carbonyl (C=O) groups excluding carboxylic acids is 1. The zero-order chi connectivity index (χ0) is 24.7. The van der Waals surface area contributed by atoms with Crippen LogP contribution in [-0.2, 0) is 0 Å². The van der Waals surface area contributed by atoms with Crippen molar-refractivity contribution in [2.24, 2.45) is 0 Å². The van der Waals surface area contributed by atoms with Crippen LogP contribution in [0.25, 0.3) is 27.7 Å². The number of aromatic amines is 1. The number of rotatable bonds is 5. The summed E-state index contributed by atoms with van der Waals surface area (Å²) in [5, 5.41) is 8.52. The Morgan fingerprint density at radius 2 is 1.91 bits per heavy atom. The van der Waals surface area contributed by atoms with Gasteiger partial charge in [0, 0.05) is 28.9 Å². The van der Waals surface area contributed by atoms with Crippen molar-refractivity contribution in [2.75, 3.05) is 0 Å². The summed E-state index contributed by atoms with van der Waals surface area (Å²) in [6.07, 6.45) is 5.16. The summed E-state index contributed by atoms with van der Waals surface area (Å²) in [5.41, 5.74) is 4.98. The fourth-order valence-corrected chi connectivity index (χ4v) is 4.38. The zero-order valence-corrected chi connectivity index (χ0v) is 20.0. The highest BCUT2D eigenvalue weighted by Gasteiger charge is 2.25. The van der Waals surface area contributed by atoms with Crippen LogP contribution in [0.2, 0.25) is 0 Å². The fourth-order valence-electron chi connectivity index (χ4n) is 4.38. The van der Waals surface area contributed by atoms with Crippen LogP contribution >= 0.6 is 0 Å². The molecular weight excluding hydrogens is 440 g/mol. The molecule has 0 spiro atoms. The number of aryl methyl sites for hydroxylation is 1. The van der Waals surface area contributed by atoms with E-state index in [2.05, 4.69) is 25.4 Å². The van der Waals surface area contributed by atoms with Gasteiger partial charge < -0.3 is 10.3 Å². The Hall–Kier alpha value is -4.33. The van der Waals surface area contributed by atoms with Crippen LogP contribution < -0.4 is 10.9 Å². The Morgan fingerprint density at radius 1 is 1.09 bits per heavy atom. The van der Waals surface area contributed by atoms with Crippen molar-refractivity contribution < 1.29 is 4.79 Å². The maximum Gasteiger partial charge on any atom is 0.274 e. The van der Waals surface area contributed by atoms with Crippen LogP contribution in [-0.4, -0.2) is 30.5 Å². The molecule has 1 atom stereocenters. The van der Waals surface area contributed by atoms with Crippen molar-refractivity contribution in [1.82, 2.24) is 29.9 Å². The zero-order valence-electron chi connectivity index (χ0n) is 20.0. The van der Waals surface area contributed by atoms with Gasteiger partial charge in [0.25, 0.3) is 11.5 Å². The molecular formula is C27H26N6O2.